The molecule has 1 aromatic heterocycles. The molecule has 0 aromatic carbocycles. The van der Waals surface area contributed by atoms with E-state index in [0.717, 1.165) is 11.8 Å². The second-order valence-electron chi connectivity index (χ2n) is 7.96. The molecule has 2 heterocycles. The molecule has 0 bridgehead atoms. The summed E-state index contributed by atoms with van der Waals surface area (Å²) < 4.78 is 34.4. The van der Waals surface area contributed by atoms with Crippen LogP contribution < -0.4 is 0 Å². The molecule has 2 rings (SSSR count). The van der Waals surface area contributed by atoms with Crippen molar-refractivity contribution < 1.29 is 26.9 Å². The van der Waals surface area contributed by atoms with E-state index in [9.17, 15) is 18.0 Å². The van der Waals surface area contributed by atoms with Gasteiger partial charge in [0.15, 0.2) is 0 Å². The maximum atomic E-state index is 12.4. The molecule has 1 amide bonds. The van der Waals surface area contributed by atoms with Crippen LogP contribution in [-0.2, 0) is 28.6 Å². The second kappa shape index (κ2) is 8.57. The van der Waals surface area contributed by atoms with Gasteiger partial charge in [0, 0.05) is 19.2 Å². The lowest BCUT2D eigenvalue weighted by molar-refractivity contribution is -0.155. The summed E-state index contributed by atoms with van der Waals surface area (Å²) in [5, 5.41) is 0. The zero-order valence-corrected chi connectivity index (χ0v) is 17.8. The van der Waals surface area contributed by atoms with E-state index < -0.39 is 33.8 Å². The number of esters is 1. The fraction of sp³-hybridized carbons (Fsp3) is 0.632. The lowest BCUT2D eigenvalue weighted by atomic mass is 10.0. The number of amides is 1. The minimum absolute atomic E-state index is 0.0201. The number of pyridine rings is 1. The van der Waals surface area contributed by atoms with Gasteiger partial charge in [-0.15, -0.1) is 0 Å². The Balaban J connectivity index is 2.24. The third-order valence-electron chi connectivity index (χ3n) is 4.30. The molecule has 1 saturated heterocycles. The molecule has 0 aliphatic carbocycles. The fourth-order valence-electron chi connectivity index (χ4n) is 3.24. The van der Waals surface area contributed by atoms with Gasteiger partial charge in [-0.05, 0) is 45.7 Å². The number of ether oxygens (including phenoxy) is 1. The quantitative estimate of drug-likeness (QED) is 0.499. The van der Waals surface area contributed by atoms with E-state index >= 15 is 0 Å². The molecule has 1 aromatic rings. The predicted molar refractivity (Wildman–Crippen MR) is 103 cm³/mol. The van der Waals surface area contributed by atoms with Crippen LogP contribution >= 0.6 is 0 Å². The summed E-state index contributed by atoms with van der Waals surface area (Å²) in [6.45, 7) is 7.26. The van der Waals surface area contributed by atoms with E-state index in [1.54, 1.807) is 33.0 Å². The highest BCUT2D eigenvalue weighted by molar-refractivity contribution is 7.86. The lowest BCUT2D eigenvalue weighted by Gasteiger charge is -2.31. The summed E-state index contributed by atoms with van der Waals surface area (Å²) in [4.78, 5) is 30.3. The third kappa shape index (κ3) is 6.27. The molecule has 28 heavy (non-hydrogen) atoms. The summed E-state index contributed by atoms with van der Waals surface area (Å²) in [5.41, 5.74) is 0.621. The van der Waals surface area contributed by atoms with Gasteiger partial charge in [-0.3, -0.25) is 18.8 Å². The highest BCUT2D eigenvalue weighted by atomic mass is 32.2. The molecule has 9 heteroatoms. The Bertz CT molecular complexity index is 831. The van der Waals surface area contributed by atoms with Crippen LogP contribution in [0.25, 0.3) is 0 Å². The molecule has 0 radical (unpaired) electrons. The van der Waals surface area contributed by atoms with Gasteiger partial charge < -0.3 is 9.64 Å². The topological polar surface area (TPSA) is 103 Å². The van der Waals surface area contributed by atoms with Gasteiger partial charge in [-0.2, -0.15) is 8.42 Å². The van der Waals surface area contributed by atoms with Crippen LogP contribution in [0.5, 0.6) is 0 Å². The Morgan fingerprint density at radius 1 is 1.39 bits per heavy atom. The number of nitrogens with zero attached hydrogens (tertiary/aromatic N) is 2. The van der Waals surface area contributed by atoms with Gasteiger partial charge in [0.2, 0.25) is 5.91 Å². The van der Waals surface area contributed by atoms with Gasteiger partial charge in [0.25, 0.3) is 10.1 Å². The normalized spacial score (nSPS) is 19.0. The predicted octanol–water partition coefficient (Wildman–Crippen LogP) is 2.13. The van der Waals surface area contributed by atoms with E-state index in [0.29, 0.717) is 12.1 Å². The highest BCUT2D eigenvalue weighted by Gasteiger charge is 2.40. The monoisotopic (exact) mass is 412 g/mol. The molecule has 1 aliphatic heterocycles. The number of likely N-dealkylation sites (tertiary alicyclic amines) is 1. The van der Waals surface area contributed by atoms with Crippen molar-refractivity contribution in [2.45, 2.75) is 64.7 Å². The summed E-state index contributed by atoms with van der Waals surface area (Å²) >= 11 is 0. The summed E-state index contributed by atoms with van der Waals surface area (Å²) in [6.07, 6.45) is 2.30. The van der Waals surface area contributed by atoms with Crippen LogP contribution in [0.15, 0.2) is 18.3 Å². The first kappa shape index (κ1) is 22.3. The number of hydrogen-bond acceptors (Lipinski definition) is 7. The lowest BCUT2D eigenvalue weighted by Crippen LogP contribution is -2.41. The molecule has 0 spiro atoms. The summed E-state index contributed by atoms with van der Waals surface area (Å²) in [5.74, 6) is -0.565. The van der Waals surface area contributed by atoms with E-state index in [1.807, 2.05) is 13.0 Å². The molecule has 1 unspecified atom stereocenters. The first-order valence-corrected chi connectivity index (χ1v) is 11.0. The number of rotatable bonds is 7. The SMILES string of the molecule is Cc1cccnc1C(OS(C)(=O)=O)[C@@H]1CCC(=O)N1CCC(=O)OC(C)(C)C. The van der Waals surface area contributed by atoms with Crippen molar-refractivity contribution in [2.24, 2.45) is 0 Å². The van der Waals surface area contributed by atoms with Crippen LogP contribution in [-0.4, -0.2) is 54.6 Å². The van der Waals surface area contributed by atoms with Crippen LogP contribution in [0.4, 0.5) is 0 Å². The summed E-state index contributed by atoms with van der Waals surface area (Å²) in [7, 11) is -3.79. The Labute approximate surface area is 166 Å². The van der Waals surface area contributed by atoms with Crippen molar-refractivity contribution in [2.75, 3.05) is 12.8 Å². The van der Waals surface area contributed by atoms with Crippen molar-refractivity contribution in [3.8, 4) is 0 Å². The smallest absolute Gasteiger partial charge is 0.308 e. The minimum Gasteiger partial charge on any atom is -0.460 e. The van der Waals surface area contributed by atoms with Crippen LogP contribution in [0.1, 0.15) is 57.4 Å². The van der Waals surface area contributed by atoms with Gasteiger partial charge in [0.1, 0.15) is 11.7 Å². The van der Waals surface area contributed by atoms with E-state index in [1.165, 1.54) is 4.90 Å². The van der Waals surface area contributed by atoms with Crippen molar-refractivity contribution in [3.63, 3.8) is 0 Å². The second-order valence-corrected chi connectivity index (χ2v) is 9.56. The van der Waals surface area contributed by atoms with Crippen molar-refractivity contribution in [1.29, 1.82) is 0 Å². The molecule has 1 fully saturated rings. The van der Waals surface area contributed by atoms with Gasteiger partial charge in [-0.1, -0.05) is 6.07 Å². The zero-order chi connectivity index (χ0) is 21.1. The standard InChI is InChI=1S/C19H28N2O6S/c1-13-7-6-11-20-17(13)18(27-28(5,24)25)14-8-9-15(22)21(14)12-10-16(23)26-19(2,3)4/h6-7,11,14,18H,8-10,12H2,1-5H3/t14-,18?/m0/s1. The molecule has 0 saturated carbocycles. The third-order valence-corrected chi connectivity index (χ3v) is 4.86. The fourth-order valence-corrected chi connectivity index (χ4v) is 3.84. The van der Waals surface area contributed by atoms with Crippen LogP contribution in [0.3, 0.4) is 0 Å². The van der Waals surface area contributed by atoms with Crippen LogP contribution in [0, 0.1) is 6.92 Å². The number of hydrogen-bond donors (Lipinski definition) is 0. The maximum absolute atomic E-state index is 12.4. The molecule has 1 aliphatic rings. The molecule has 8 nitrogen and oxygen atoms in total. The van der Waals surface area contributed by atoms with Crippen molar-refractivity contribution in [3.05, 3.63) is 29.6 Å². The van der Waals surface area contributed by atoms with Gasteiger partial charge >= 0.3 is 5.97 Å². The van der Waals surface area contributed by atoms with Crippen molar-refractivity contribution in [1.82, 2.24) is 9.88 Å². The largest absolute Gasteiger partial charge is 0.460 e. The number of carbonyl (C=O) groups is 2. The van der Waals surface area contributed by atoms with E-state index in [-0.39, 0.29) is 25.3 Å². The van der Waals surface area contributed by atoms with E-state index in [4.69, 9.17) is 8.92 Å². The van der Waals surface area contributed by atoms with Gasteiger partial charge in [0.05, 0.1) is 24.4 Å². The molecule has 156 valence electrons. The zero-order valence-electron chi connectivity index (χ0n) is 17.0. The molecular formula is C19H28N2O6S. The Hall–Kier alpha value is -2.00. The average Bonchev–Trinajstić information content (AvgIpc) is 2.89. The first-order chi connectivity index (χ1) is 12.9. The molecule has 2 atom stereocenters. The number of carbonyl (C=O) groups excluding carboxylic acids is 2. The minimum atomic E-state index is -3.79. The maximum Gasteiger partial charge on any atom is 0.308 e. The average molecular weight is 413 g/mol. The van der Waals surface area contributed by atoms with E-state index in [2.05, 4.69) is 4.98 Å². The Morgan fingerprint density at radius 3 is 2.64 bits per heavy atom. The first-order valence-electron chi connectivity index (χ1n) is 9.18. The Kier molecular flexibility index (Phi) is 6.82. The number of aryl methyl sites for hydroxylation is 1. The summed E-state index contributed by atoms with van der Waals surface area (Å²) in [6, 6.07) is 3.03. The van der Waals surface area contributed by atoms with Crippen molar-refractivity contribution >= 4 is 22.0 Å². The number of aromatic nitrogens is 1. The molecule has 0 N–H and O–H groups in total. The van der Waals surface area contributed by atoms with Gasteiger partial charge in [-0.25, -0.2) is 0 Å². The Morgan fingerprint density at radius 2 is 2.07 bits per heavy atom. The highest BCUT2D eigenvalue weighted by Crippen LogP contribution is 2.34. The van der Waals surface area contributed by atoms with Crippen LogP contribution in [0.2, 0.25) is 0 Å². The molecular weight excluding hydrogens is 384 g/mol.